The van der Waals surface area contributed by atoms with Crippen LogP contribution in [0.5, 0.6) is 0 Å². The normalized spacial score (nSPS) is 35.0. The Morgan fingerprint density at radius 3 is 1.17 bits per heavy atom. The zero-order valence-corrected chi connectivity index (χ0v) is 58.1. The van der Waals surface area contributed by atoms with Crippen molar-refractivity contribution in [2.45, 2.75) is 225 Å². The molecule has 18 atom stereocenters. The van der Waals surface area contributed by atoms with Crippen molar-refractivity contribution in [1.29, 1.82) is 0 Å². The van der Waals surface area contributed by atoms with Crippen molar-refractivity contribution in [1.82, 2.24) is 0 Å². The van der Waals surface area contributed by atoms with Crippen molar-refractivity contribution in [3.05, 3.63) is 132 Å². The molecule has 2 aromatic rings. The second kappa shape index (κ2) is 32.2. The van der Waals surface area contributed by atoms with E-state index in [1.807, 2.05) is 12.1 Å². The Kier molecular flexibility index (Phi) is 27.5. The molecule has 8 aliphatic rings. The number of allylic oxidation sites excluding steroid dienone is 8. The molecule has 0 radical (unpaired) electrons. The van der Waals surface area contributed by atoms with Gasteiger partial charge in [-0.1, -0.05) is 216 Å². The molecule has 0 heterocycles. The minimum Gasteiger partial charge on any atom is -0.872 e. The predicted molar refractivity (Wildman–Crippen MR) is 349 cm³/mol. The van der Waals surface area contributed by atoms with E-state index in [0.717, 1.165) is 122 Å². The number of fused-ring (bicyclic) bond motifs is 10. The van der Waals surface area contributed by atoms with E-state index in [2.05, 4.69) is 120 Å². The molecule has 0 N–H and O–H groups in total. The van der Waals surface area contributed by atoms with Gasteiger partial charge in [-0.2, -0.15) is 0 Å². The van der Waals surface area contributed by atoms with Gasteiger partial charge in [-0.3, -0.25) is 9.59 Å². The standard InChI is InChI=1S/2C29H47O.2C10H10O2.ClH.Ti/c2*1-7-21(19(2)3)9-8-20(4)25-12-13-26-24-11-10-22-18-23(30)14-16-28(22,5)27(24)15-17-29(25,26)6;2*1-8(11)7-10(12)9-5-3-2-4-6-9;;/h2*8-10,19-21,23-27H,7,11-18H2,1-6H3;2*2-7,12H,1H3;1H;/q2*-1;;;;+4/p-2/b2*9-8+;2*10-7-;;/t2*20?,21-,23+,24+,25-,26?,27?,28+,29-;;;;/m11..../s1. The van der Waals surface area contributed by atoms with Crippen LogP contribution in [0.4, 0.5) is 0 Å². The fourth-order valence-corrected chi connectivity index (χ4v) is 19.4. The summed E-state index contributed by atoms with van der Waals surface area (Å²) in [6.07, 6.45) is 39.0. The van der Waals surface area contributed by atoms with Gasteiger partial charge in [0.05, 0.1) is 0 Å². The minimum absolute atomic E-state index is 0. The molecule has 472 valence electrons. The summed E-state index contributed by atoms with van der Waals surface area (Å²) in [4.78, 5) is 21.1. The van der Waals surface area contributed by atoms with Crippen LogP contribution in [0.2, 0.25) is 0 Å². The van der Waals surface area contributed by atoms with E-state index in [-0.39, 0.29) is 69.4 Å². The van der Waals surface area contributed by atoms with Gasteiger partial charge in [-0.15, -0.1) is 24.6 Å². The van der Waals surface area contributed by atoms with E-state index in [1.54, 1.807) is 59.7 Å². The van der Waals surface area contributed by atoms with Gasteiger partial charge in [-0.05, 0) is 244 Å². The van der Waals surface area contributed by atoms with E-state index in [0.29, 0.717) is 44.6 Å². The molecule has 0 amide bonds. The Bertz CT molecular complexity index is 2490. The number of hydrogen-bond donors (Lipinski definition) is 0. The fraction of sp³-hybridized carbons (Fsp3) is 0.667. The smallest absolute Gasteiger partial charge is 0.872 e. The van der Waals surface area contributed by atoms with Crippen LogP contribution in [-0.2, 0) is 31.3 Å². The summed E-state index contributed by atoms with van der Waals surface area (Å²) in [6.45, 7) is 32.2. The Balaban J connectivity index is 0.000000225. The molecule has 10 rings (SSSR count). The third-order valence-electron chi connectivity index (χ3n) is 24.3. The minimum atomic E-state index is -0.337. The number of ketones is 2. The van der Waals surface area contributed by atoms with Gasteiger partial charge in [0, 0.05) is 0 Å². The van der Waals surface area contributed by atoms with E-state index >= 15 is 0 Å². The van der Waals surface area contributed by atoms with Gasteiger partial charge >= 0.3 is 21.7 Å². The fourth-order valence-electron chi connectivity index (χ4n) is 19.4. The third-order valence-corrected chi connectivity index (χ3v) is 24.3. The van der Waals surface area contributed by atoms with Gasteiger partial charge in [0.2, 0.25) is 0 Å². The molecule has 6 nitrogen and oxygen atoms in total. The molecule has 8 heteroatoms. The van der Waals surface area contributed by atoms with Crippen LogP contribution < -0.4 is 20.4 Å². The number of benzene rings is 2. The zero-order chi connectivity index (χ0) is 61.3. The molecule has 0 aliphatic heterocycles. The molecule has 0 aromatic heterocycles. The van der Waals surface area contributed by atoms with Gasteiger partial charge in [0.1, 0.15) is 0 Å². The summed E-state index contributed by atoms with van der Waals surface area (Å²) in [5, 5.41) is 46.7. The molecular weight excluding hydrogens is 1120 g/mol. The average Bonchev–Trinajstić information content (AvgIpc) is 1.35. The van der Waals surface area contributed by atoms with Gasteiger partial charge < -0.3 is 20.4 Å². The summed E-state index contributed by atoms with van der Waals surface area (Å²) < 4.78 is 0. The van der Waals surface area contributed by atoms with Gasteiger partial charge in [0.25, 0.3) is 0 Å². The molecule has 2 aromatic carbocycles. The number of carbonyl (C=O) groups is 2. The van der Waals surface area contributed by atoms with E-state index in [1.165, 1.54) is 90.9 Å². The number of rotatable bonds is 14. The van der Waals surface area contributed by atoms with Gasteiger partial charge in [0.15, 0.2) is 11.6 Å². The average molecular weight is 1230 g/mol. The van der Waals surface area contributed by atoms with Crippen LogP contribution in [-0.4, -0.2) is 23.8 Å². The summed E-state index contributed by atoms with van der Waals surface area (Å²) in [7, 11) is 0. The second-order valence-corrected chi connectivity index (χ2v) is 29.8. The molecule has 6 saturated carbocycles. The Hall–Kier alpha value is -3.26. The van der Waals surface area contributed by atoms with E-state index in [9.17, 15) is 30.0 Å². The van der Waals surface area contributed by atoms with E-state index in [4.69, 9.17) is 0 Å². The first-order chi connectivity index (χ1) is 39.8. The van der Waals surface area contributed by atoms with Crippen molar-refractivity contribution in [3.63, 3.8) is 0 Å². The maximum atomic E-state index is 12.2. The van der Waals surface area contributed by atoms with Crippen LogP contribution in [0.3, 0.4) is 0 Å². The number of hydrogen-bond acceptors (Lipinski definition) is 6. The summed E-state index contributed by atoms with van der Waals surface area (Å²) >= 11 is 0. The SMILES string of the molecule is CC(=O)/C=C(\[O-])c1ccccc1.CC(=O)/C=C(\[O-])c1ccccc1.CC[C@H](/C=C/C(C)[C@H]1CCC2[C@@H]3CC=C4C[C@@H]([O-])CC[C@]4(C)C3CC[C@@]21C)C(C)C.CC[C@H](/C=C/C(C)[C@H]1CCC2[C@@H]3CC=C4C[C@@H]([O-])CC[C@]4(C)C3CC[C@@]21C)C(C)C.Cl.[Ti+4]. The van der Waals surface area contributed by atoms with Crippen molar-refractivity contribution < 1.29 is 51.7 Å². The summed E-state index contributed by atoms with van der Waals surface area (Å²) in [5.41, 5.74) is 5.89. The molecule has 6 fully saturated rings. The Morgan fingerprint density at radius 1 is 0.512 bits per heavy atom. The Morgan fingerprint density at radius 2 is 0.860 bits per heavy atom. The van der Waals surface area contributed by atoms with Crippen molar-refractivity contribution in [2.24, 2.45) is 105 Å². The van der Waals surface area contributed by atoms with E-state index < -0.39 is 0 Å². The largest absolute Gasteiger partial charge is 4.00 e. The molecule has 0 saturated heterocycles. The summed E-state index contributed by atoms with van der Waals surface area (Å²) in [6, 6.07) is 17.4. The number of carbonyl (C=O) groups excluding carboxylic acids is 2. The number of halogens is 1. The maximum Gasteiger partial charge on any atom is 4.00 e. The first-order valence-corrected chi connectivity index (χ1v) is 33.8. The van der Waals surface area contributed by atoms with Crippen molar-refractivity contribution >= 4 is 35.5 Å². The first kappa shape index (κ1) is 73.5. The molecule has 0 bridgehead atoms. The van der Waals surface area contributed by atoms with Crippen LogP contribution in [0.15, 0.2) is 120 Å². The molecule has 6 unspecified atom stereocenters. The first-order valence-electron chi connectivity index (χ1n) is 33.8. The predicted octanol–water partition coefficient (Wildman–Crippen LogP) is 16.7. The molecule has 0 spiro atoms. The van der Waals surface area contributed by atoms with Crippen LogP contribution in [0.1, 0.15) is 224 Å². The third kappa shape index (κ3) is 16.8. The molecule has 86 heavy (non-hydrogen) atoms. The zero-order valence-electron chi connectivity index (χ0n) is 55.7. The topological polar surface area (TPSA) is 126 Å². The maximum absolute atomic E-state index is 12.2. The van der Waals surface area contributed by atoms with Crippen LogP contribution in [0, 0.1) is 105 Å². The quantitative estimate of drug-likeness (QED) is 0.0802. The van der Waals surface area contributed by atoms with Crippen LogP contribution in [0.25, 0.3) is 11.5 Å². The Labute approximate surface area is 544 Å². The molecule has 8 aliphatic carbocycles. The van der Waals surface area contributed by atoms with Gasteiger partial charge in [-0.25, -0.2) is 0 Å². The van der Waals surface area contributed by atoms with Crippen LogP contribution >= 0.6 is 12.4 Å². The van der Waals surface area contributed by atoms with Crippen molar-refractivity contribution in [3.8, 4) is 0 Å². The molecular formula is C78H113ClO6Ti. The summed E-state index contributed by atoms with van der Waals surface area (Å²) in [5.74, 6) is 10.3. The monoisotopic (exact) mass is 1230 g/mol. The van der Waals surface area contributed by atoms with Crippen molar-refractivity contribution in [2.75, 3.05) is 0 Å². The second-order valence-electron chi connectivity index (χ2n) is 29.8.